The molecule has 1 aromatic rings. The van der Waals surface area contributed by atoms with E-state index in [1.54, 1.807) is 12.1 Å². The molecule has 1 fully saturated rings. The van der Waals surface area contributed by atoms with Crippen molar-refractivity contribution in [2.45, 2.75) is 38.9 Å². The van der Waals surface area contributed by atoms with E-state index < -0.39 is 23.5 Å². The normalized spacial score (nSPS) is 26.9. The van der Waals surface area contributed by atoms with Gasteiger partial charge in [-0.1, -0.05) is 38.1 Å². The molecule has 102 valence electrons. The van der Waals surface area contributed by atoms with Gasteiger partial charge >= 0.3 is 5.97 Å². The van der Waals surface area contributed by atoms with Crippen LogP contribution in [-0.2, 0) is 26.3 Å². The minimum atomic E-state index is -1.67. The molecular weight excluding hydrogens is 244 g/mol. The van der Waals surface area contributed by atoms with Crippen molar-refractivity contribution in [1.82, 2.24) is 0 Å². The number of carbonyl (C=O) groups is 2. The Morgan fingerprint density at radius 2 is 1.84 bits per heavy atom. The average molecular weight is 262 g/mol. The Balaban J connectivity index is 2.27. The predicted molar refractivity (Wildman–Crippen MR) is 69.4 cm³/mol. The van der Waals surface area contributed by atoms with E-state index >= 15 is 0 Å². The Hall–Kier alpha value is -1.68. The summed E-state index contributed by atoms with van der Waals surface area (Å²) in [5.41, 5.74) is 0.391. The molecule has 0 aromatic heterocycles. The molecule has 0 spiro atoms. The third-order valence-corrected chi connectivity index (χ3v) is 3.40. The number of esters is 1. The Labute approximate surface area is 112 Å². The van der Waals surface area contributed by atoms with E-state index in [0.717, 1.165) is 6.42 Å². The molecule has 2 atom stereocenters. The van der Waals surface area contributed by atoms with Gasteiger partial charge in [-0.3, -0.25) is 4.79 Å². The lowest BCUT2D eigenvalue weighted by Gasteiger charge is -2.21. The van der Waals surface area contributed by atoms with Gasteiger partial charge in [-0.05, 0) is 24.8 Å². The maximum Gasteiger partial charge on any atom is 0.344 e. The molecule has 1 aliphatic rings. The Morgan fingerprint density at radius 1 is 1.26 bits per heavy atom. The van der Waals surface area contributed by atoms with Crippen molar-refractivity contribution in [2.75, 3.05) is 0 Å². The lowest BCUT2D eigenvalue weighted by molar-refractivity contribution is -0.153. The van der Waals surface area contributed by atoms with E-state index in [9.17, 15) is 14.7 Å². The maximum absolute atomic E-state index is 11.9. The molecular formula is C15H18O4. The Kier molecular flexibility index (Phi) is 3.45. The first-order valence-corrected chi connectivity index (χ1v) is 6.39. The number of Topliss-reactive ketones (excluding diaryl/α,β-unsaturated/α-hetero) is 1. The average Bonchev–Trinajstić information content (AvgIpc) is 2.54. The van der Waals surface area contributed by atoms with Gasteiger partial charge in [0.25, 0.3) is 0 Å². The number of aliphatic hydroxyl groups is 1. The number of benzene rings is 1. The summed E-state index contributed by atoms with van der Waals surface area (Å²) in [6, 6.07) is 7.40. The van der Waals surface area contributed by atoms with Crippen LogP contribution in [-0.4, -0.2) is 23.0 Å². The molecule has 2 rings (SSSR count). The quantitative estimate of drug-likeness (QED) is 0.663. The number of rotatable bonds is 3. The zero-order chi connectivity index (χ0) is 14.2. The van der Waals surface area contributed by atoms with Crippen molar-refractivity contribution in [1.29, 1.82) is 0 Å². The molecule has 4 heteroatoms. The van der Waals surface area contributed by atoms with Gasteiger partial charge in [-0.25, -0.2) is 4.79 Å². The predicted octanol–water partition coefficient (Wildman–Crippen LogP) is 1.59. The van der Waals surface area contributed by atoms with Crippen molar-refractivity contribution < 1.29 is 19.4 Å². The number of aliphatic hydroxyl groups excluding tert-OH is 1. The summed E-state index contributed by atoms with van der Waals surface area (Å²) >= 11 is 0. The highest BCUT2D eigenvalue weighted by Crippen LogP contribution is 2.33. The molecule has 1 saturated heterocycles. The van der Waals surface area contributed by atoms with E-state index in [2.05, 4.69) is 13.8 Å². The second-order valence-electron chi connectivity index (χ2n) is 5.52. The van der Waals surface area contributed by atoms with Gasteiger partial charge in [0.2, 0.25) is 11.9 Å². The Bertz CT molecular complexity index is 503. The van der Waals surface area contributed by atoms with Crippen LogP contribution in [0, 0.1) is 5.92 Å². The largest absolute Gasteiger partial charge is 0.444 e. The van der Waals surface area contributed by atoms with Crippen LogP contribution in [0.1, 0.15) is 31.9 Å². The fourth-order valence-electron chi connectivity index (χ4n) is 2.31. The fraction of sp³-hybridized carbons (Fsp3) is 0.467. The number of carbonyl (C=O) groups excluding carboxylic acids is 2. The summed E-state index contributed by atoms with van der Waals surface area (Å²) in [4.78, 5) is 23.2. The molecule has 0 amide bonds. The molecule has 0 bridgehead atoms. The molecule has 4 nitrogen and oxygen atoms in total. The van der Waals surface area contributed by atoms with E-state index in [0.29, 0.717) is 11.5 Å². The van der Waals surface area contributed by atoms with Crippen LogP contribution in [0.25, 0.3) is 0 Å². The van der Waals surface area contributed by atoms with Crippen LogP contribution in [0.4, 0.5) is 0 Å². The molecule has 1 unspecified atom stereocenters. The first-order valence-electron chi connectivity index (χ1n) is 6.39. The van der Waals surface area contributed by atoms with Gasteiger partial charge in [0.05, 0.1) is 0 Å². The van der Waals surface area contributed by atoms with Crippen LogP contribution in [0.2, 0.25) is 0 Å². The zero-order valence-electron chi connectivity index (χ0n) is 11.3. The van der Waals surface area contributed by atoms with E-state index in [1.807, 2.05) is 12.1 Å². The zero-order valence-corrected chi connectivity index (χ0v) is 11.3. The lowest BCUT2D eigenvalue weighted by atomic mass is 9.89. The molecule has 1 heterocycles. The summed E-state index contributed by atoms with van der Waals surface area (Å²) in [5, 5.41) is 9.41. The second-order valence-corrected chi connectivity index (χ2v) is 5.52. The Morgan fingerprint density at radius 3 is 2.26 bits per heavy atom. The van der Waals surface area contributed by atoms with Crippen molar-refractivity contribution >= 4 is 11.8 Å². The number of ketones is 1. The second kappa shape index (κ2) is 4.78. The van der Waals surface area contributed by atoms with Crippen molar-refractivity contribution in [3.8, 4) is 0 Å². The molecule has 0 saturated carbocycles. The van der Waals surface area contributed by atoms with Crippen molar-refractivity contribution in [2.24, 2.45) is 5.92 Å². The van der Waals surface area contributed by atoms with Crippen LogP contribution in [0.5, 0.6) is 0 Å². The van der Waals surface area contributed by atoms with E-state index in [-0.39, 0.29) is 0 Å². The van der Waals surface area contributed by atoms with Gasteiger partial charge < -0.3 is 9.84 Å². The molecule has 19 heavy (non-hydrogen) atoms. The first-order chi connectivity index (χ1) is 8.84. The smallest absolute Gasteiger partial charge is 0.344 e. The summed E-state index contributed by atoms with van der Waals surface area (Å²) in [6.07, 6.45) is -0.715. The standard InChI is InChI=1S/C15H18O4/c1-9(2)8-10-4-6-11(7-5-10)15(3)13(17)12(16)14(18)19-15/h4-7,9,12,16H,8H2,1-3H3/t12?,15-/m0/s1. The van der Waals surface area contributed by atoms with E-state index in [1.165, 1.54) is 12.5 Å². The molecule has 1 aromatic carbocycles. The minimum Gasteiger partial charge on any atom is -0.444 e. The number of hydrogen-bond donors (Lipinski definition) is 1. The third-order valence-electron chi connectivity index (χ3n) is 3.40. The third kappa shape index (κ3) is 2.40. The number of ether oxygens (including phenoxy) is 1. The maximum atomic E-state index is 11.9. The SMILES string of the molecule is CC(C)Cc1ccc([C@]2(C)OC(=O)C(O)C2=O)cc1. The van der Waals surface area contributed by atoms with Gasteiger partial charge in [-0.15, -0.1) is 0 Å². The summed E-state index contributed by atoms with van der Waals surface area (Å²) in [7, 11) is 0. The van der Waals surface area contributed by atoms with Crippen LogP contribution >= 0.6 is 0 Å². The van der Waals surface area contributed by atoms with Crippen molar-refractivity contribution in [3.63, 3.8) is 0 Å². The first kappa shape index (κ1) is 13.7. The summed E-state index contributed by atoms with van der Waals surface area (Å²) in [5.74, 6) is -0.929. The van der Waals surface area contributed by atoms with Gasteiger partial charge in [-0.2, -0.15) is 0 Å². The fourth-order valence-corrected chi connectivity index (χ4v) is 2.31. The van der Waals surface area contributed by atoms with Crippen LogP contribution < -0.4 is 0 Å². The highest BCUT2D eigenvalue weighted by Gasteiger charge is 2.52. The highest BCUT2D eigenvalue weighted by molar-refractivity contribution is 6.11. The van der Waals surface area contributed by atoms with Gasteiger partial charge in [0.15, 0.2) is 5.60 Å². The van der Waals surface area contributed by atoms with Crippen LogP contribution in [0.15, 0.2) is 24.3 Å². The lowest BCUT2D eigenvalue weighted by Crippen LogP contribution is -2.33. The van der Waals surface area contributed by atoms with Crippen LogP contribution in [0.3, 0.4) is 0 Å². The van der Waals surface area contributed by atoms with Gasteiger partial charge in [0.1, 0.15) is 0 Å². The summed E-state index contributed by atoms with van der Waals surface area (Å²) in [6.45, 7) is 5.78. The summed E-state index contributed by atoms with van der Waals surface area (Å²) < 4.78 is 5.04. The van der Waals surface area contributed by atoms with Gasteiger partial charge in [0, 0.05) is 5.56 Å². The minimum absolute atomic E-state index is 0.550. The molecule has 1 N–H and O–H groups in total. The molecule has 1 aliphatic heterocycles. The molecule has 0 radical (unpaired) electrons. The molecule has 0 aliphatic carbocycles. The topological polar surface area (TPSA) is 63.6 Å². The number of cyclic esters (lactones) is 1. The van der Waals surface area contributed by atoms with E-state index in [4.69, 9.17) is 4.74 Å². The number of hydrogen-bond acceptors (Lipinski definition) is 4. The monoisotopic (exact) mass is 262 g/mol. The van der Waals surface area contributed by atoms with Crippen molar-refractivity contribution in [3.05, 3.63) is 35.4 Å². The highest BCUT2D eigenvalue weighted by atomic mass is 16.6.